The van der Waals surface area contributed by atoms with E-state index < -0.39 is 0 Å². The highest BCUT2D eigenvalue weighted by molar-refractivity contribution is 6.02. The van der Waals surface area contributed by atoms with Gasteiger partial charge in [0.05, 0.1) is 12.5 Å². The van der Waals surface area contributed by atoms with Gasteiger partial charge in [-0.1, -0.05) is 6.07 Å². The molecule has 0 spiro atoms. The van der Waals surface area contributed by atoms with Crippen molar-refractivity contribution < 1.29 is 14.3 Å². The Morgan fingerprint density at radius 1 is 1.48 bits per heavy atom. The number of nitrogens with one attached hydrogen (secondary N) is 1. The lowest BCUT2D eigenvalue weighted by molar-refractivity contribution is -0.115. The number of nitrogens with zero attached hydrogens (tertiary/aromatic N) is 1. The zero-order chi connectivity index (χ0) is 14.8. The van der Waals surface area contributed by atoms with E-state index in [0.717, 1.165) is 30.6 Å². The first kappa shape index (κ1) is 14.1. The van der Waals surface area contributed by atoms with E-state index in [1.165, 1.54) is 0 Å². The molecule has 0 bridgehead atoms. The first-order chi connectivity index (χ1) is 10.2. The average molecular weight is 288 g/mol. The molecule has 2 amide bonds. The predicted molar refractivity (Wildman–Crippen MR) is 79.3 cm³/mol. The SMILES string of the molecule is CCOC1CCCN(C(=O)c2ccc3c(c2)NC(=O)C3)C1. The Labute approximate surface area is 124 Å². The van der Waals surface area contributed by atoms with Gasteiger partial charge in [-0.2, -0.15) is 0 Å². The van der Waals surface area contributed by atoms with Crippen molar-refractivity contribution in [3.05, 3.63) is 29.3 Å². The standard InChI is InChI=1S/C16H20N2O3/c1-2-21-13-4-3-7-18(10-13)16(20)12-6-5-11-9-15(19)17-14(11)8-12/h5-6,8,13H,2-4,7,9-10H2,1H3,(H,17,19). The summed E-state index contributed by atoms with van der Waals surface area (Å²) < 4.78 is 5.64. The highest BCUT2D eigenvalue weighted by Crippen LogP contribution is 2.25. The monoisotopic (exact) mass is 288 g/mol. The van der Waals surface area contributed by atoms with Gasteiger partial charge in [-0.15, -0.1) is 0 Å². The summed E-state index contributed by atoms with van der Waals surface area (Å²) in [7, 11) is 0. The van der Waals surface area contributed by atoms with Crippen LogP contribution in [0.15, 0.2) is 18.2 Å². The Bertz CT molecular complexity index is 569. The number of likely N-dealkylation sites (tertiary alicyclic amines) is 1. The van der Waals surface area contributed by atoms with E-state index in [-0.39, 0.29) is 17.9 Å². The molecule has 2 aliphatic heterocycles. The number of ether oxygens (including phenoxy) is 1. The minimum atomic E-state index is -0.0102. The summed E-state index contributed by atoms with van der Waals surface area (Å²) in [4.78, 5) is 25.8. The number of fused-ring (bicyclic) bond motifs is 1. The van der Waals surface area contributed by atoms with Crippen molar-refractivity contribution >= 4 is 17.5 Å². The number of rotatable bonds is 3. The van der Waals surface area contributed by atoms with Gasteiger partial charge < -0.3 is 15.0 Å². The van der Waals surface area contributed by atoms with Gasteiger partial charge in [0.2, 0.25) is 5.91 Å². The lowest BCUT2D eigenvalue weighted by Crippen LogP contribution is -2.43. The normalized spacial score (nSPS) is 21.1. The number of piperidine rings is 1. The molecule has 1 N–H and O–H groups in total. The minimum Gasteiger partial charge on any atom is -0.377 e. The molecule has 2 aliphatic rings. The molecule has 1 saturated heterocycles. The second-order valence-corrected chi connectivity index (χ2v) is 5.57. The van der Waals surface area contributed by atoms with Gasteiger partial charge >= 0.3 is 0 Å². The van der Waals surface area contributed by atoms with Gasteiger partial charge in [-0.05, 0) is 37.5 Å². The highest BCUT2D eigenvalue weighted by Gasteiger charge is 2.26. The molecule has 0 radical (unpaired) electrons. The fraction of sp³-hybridized carbons (Fsp3) is 0.500. The van der Waals surface area contributed by atoms with Crippen LogP contribution < -0.4 is 5.32 Å². The molecule has 1 unspecified atom stereocenters. The smallest absolute Gasteiger partial charge is 0.254 e. The van der Waals surface area contributed by atoms with Gasteiger partial charge in [-0.25, -0.2) is 0 Å². The summed E-state index contributed by atoms with van der Waals surface area (Å²) >= 11 is 0. The minimum absolute atomic E-state index is 0.0102. The molecule has 1 fully saturated rings. The van der Waals surface area contributed by atoms with Crippen molar-refractivity contribution in [1.82, 2.24) is 4.90 Å². The summed E-state index contributed by atoms with van der Waals surface area (Å²) in [6.45, 7) is 4.07. The van der Waals surface area contributed by atoms with Crippen molar-refractivity contribution in [1.29, 1.82) is 0 Å². The zero-order valence-electron chi connectivity index (χ0n) is 12.2. The van der Waals surface area contributed by atoms with Crippen LogP contribution >= 0.6 is 0 Å². The maximum Gasteiger partial charge on any atom is 0.254 e. The van der Waals surface area contributed by atoms with Gasteiger partial charge in [-0.3, -0.25) is 9.59 Å². The number of amides is 2. The van der Waals surface area contributed by atoms with E-state index >= 15 is 0 Å². The number of hydrogen-bond acceptors (Lipinski definition) is 3. The molecule has 21 heavy (non-hydrogen) atoms. The summed E-state index contributed by atoms with van der Waals surface area (Å²) in [5.74, 6) is 0.00679. The molecule has 0 aliphatic carbocycles. The molecule has 3 rings (SSSR count). The Hall–Kier alpha value is -1.88. The van der Waals surface area contributed by atoms with Crippen LogP contribution in [0.25, 0.3) is 0 Å². The van der Waals surface area contributed by atoms with E-state index in [4.69, 9.17) is 4.74 Å². The van der Waals surface area contributed by atoms with Crippen molar-refractivity contribution in [2.24, 2.45) is 0 Å². The summed E-state index contributed by atoms with van der Waals surface area (Å²) in [5, 5.41) is 2.79. The first-order valence-electron chi connectivity index (χ1n) is 7.51. The summed E-state index contributed by atoms with van der Waals surface area (Å²) in [6, 6.07) is 5.46. The molecule has 5 heteroatoms. The van der Waals surface area contributed by atoms with Gasteiger partial charge in [0.25, 0.3) is 5.91 Å². The van der Waals surface area contributed by atoms with Crippen molar-refractivity contribution in [3.8, 4) is 0 Å². The van der Waals surface area contributed by atoms with Crippen LogP contribution in [0.4, 0.5) is 5.69 Å². The Kier molecular flexibility index (Phi) is 3.92. The average Bonchev–Trinajstić information content (AvgIpc) is 2.86. The van der Waals surface area contributed by atoms with Crippen LogP contribution in [0.5, 0.6) is 0 Å². The summed E-state index contributed by atoms with van der Waals surface area (Å²) in [5.41, 5.74) is 2.36. The lowest BCUT2D eigenvalue weighted by atomic mass is 10.0. The van der Waals surface area contributed by atoms with E-state index in [9.17, 15) is 9.59 Å². The fourth-order valence-corrected chi connectivity index (χ4v) is 3.02. The molecule has 0 saturated carbocycles. The second-order valence-electron chi connectivity index (χ2n) is 5.57. The maximum atomic E-state index is 12.6. The highest BCUT2D eigenvalue weighted by atomic mass is 16.5. The van der Waals surface area contributed by atoms with Gasteiger partial charge in [0, 0.05) is 30.9 Å². The molecule has 5 nitrogen and oxygen atoms in total. The molecule has 0 aromatic heterocycles. The first-order valence-corrected chi connectivity index (χ1v) is 7.51. The van der Waals surface area contributed by atoms with Gasteiger partial charge in [0.15, 0.2) is 0 Å². The second kappa shape index (κ2) is 5.85. The van der Waals surface area contributed by atoms with Crippen molar-refractivity contribution in [2.75, 3.05) is 25.0 Å². The Balaban J connectivity index is 1.73. The van der Waals surface area contributed by atoms with Crippen LogP contribution in [0, 0.1) is 0 Å². The van der Waals surface area contributed by atoms with Crippen LogP contribution in [-0.4, -0.2) is 42.5 Å². The maximum absolute atomic E-state index is 12.6. The molecule has 1 aromatic rings. The van der Waals surface area contributed by atoms with Gasteiger partial charge in [0.1, 0.15) is 0 Å². The molecule has 2 heterocycles. The third kappa shape index (κ3) is 2.93. The molecule has 1 atom stereocenters. The topological polar surface area (TPSA) is 58.6 Å². The Morgan fingerprint density at radius 3 is 3.14 bits per heavy atom. The van der Waals surface area contributed by atoms with Crippen molar-refractivity contribution in [3.63, 3.8) is 0 Å². The number of anilines is 1. The number of carbonyl (C=O) groups excluding carboxylic acids is 2. The Morgan fingerprint density at radius 2 is 2.33 bits per heavy atom. The van der Waals surface area contributed by atoms with Crippen molar-refractivity contribution in [2.45, 2.75) is 32.3 Å². The lowest BCUT2D eigenvalue weighted by Gasteiger charge is -2.32. The predicted octanol–water partition coefficient (Wildman–Crippen LogP) is 1.82. The number of benzene rings is 1. The van der Waals surface area contributed by atoms with E-state index in [0.29, 0.717) is 25.1 Å². The molecule has 112 valence electrons. The molecular formula is C16H20N2O3. The molecule has 1 aromatic carbocycles. The largest absolute Gasteiger partial charge is 0.377 e. The number of carbonyl (C=O) groups is 2. The fourth-order valence-electron chi connectivity index (χ4n) is 3.02. The van der Waals surface area contributed by atoms with Crippen LogP contribution in [0.2, 0.25) is 0 Å². The third-order valence-electron chi connectivity index (χ3n) is 4.05. The third-order valence-corrected chi connectivity index (χ3v) is 4.05. The van der Waals surface area contributed by atoms with E-state index in [1.807, 2.05) is 24.0 Å². The van der Waals surface area contributed by atoms with Crippen LogP contribution in [0.3, 0.4) is 0 Å². The quantitative estimate of drug-likeness (QED) is 0.923. The zero-order valence-corrected chi connectivity index (χ0v) is 12.2. The summed E-state index contributed by atoms with van der Waals surface area (Å²) in [6.07, 6.45) is 2.53. The van der Waals surface area contributed by atoms with E-state index in [2.05, 4.69) is 5.32 Å². The van der Waals surface area contributed by atoms with Crippen LogP contribution in [-0.2, 0) is 16.0 Å². The number of hydrogen-bond donors (Lipinski definition) is 1. The van der Waals surface area contributed by atoms with Crippen LogP contribution in [0.1, 0.15) is 35.7 Å². The van der Waals surface area contributed by atoms with E-state index in [1.54, 1.807) is 6.07 Å². The molecular weight excluding hydrogens is 268 g/mol.